The van der Waals surface area contributed by atoms with Gasteiger partial charge in [-0.2, -0.15) is 0 Å². The van der Waals surface area contributed by atoms with E-state index in [2.05, 4.69) is 24.0 Å². The third kappa shape index (κ3) is 5.65. The predicted molar refractivity (Wildman–Crippen MR) is 109 cm³/mol. The maximum atomic E-state index is 12.1. The second-order valence-corrected chi connectivity index (χ2v) is 6.24. The van der Waals surface area contributed by atoms with E-state index in [9.17, 15) is 4.79 Å². The van der Waals surface area contributed by atoms with Crippen LogP contribution in [-0.2, 0) is 12.8 Å². The van der Waals surface area contributed by atoms with Crippen LogP contribution in [0, 0.1) is 0 Å². The largest absolute Gasteiger partial charge is 0.493 e. The van der Waals surface area contributed by atoms with Crippen LogP contribution in [0.15, 0.2) is 79.0 Å². The van der Waals surface area contributed by atoms with Gasteiger partial charge in [0.15, 0.2) is 5.78 Å². The van der Waals surface area contributed by atoms with Gasteiger partial charge in [0.05, 0.1) is 6.61 Å². The van der Waals surface area contributed by atoms with Gasteiger partial charge in [-0.3, -0.25) is 9.78 Å². The molecule has 3 aromatic rings. The number of ketones is 1. The third-order valence-corrected chi connectivity index (χ3v) is 4.29. The summed E-state index contributed by atoms with van der Waals surface area (Å²) >= 11 is 0. The number of carbonyl (C=O) groups is 1. The molecule has 3 nitrogen and oxygen atoms in total. The third-order valence-electron chi connectivity index (χ3n) is 4.29. The maximum Gasteiger partial charge on any atom is 0.185 e. The minimum Gasteiger partial charge on any atom is -0.493 e. The average molecular weight is 357 g/mol. The Labute approximate surface area is 160 Å². The topological polar surface area (TPSA) is 39.2 Å². The molecule has 0 bridgehead atoms. The molecule has 0 unspecified atom stereocenters. The summed E-state index contributed by atoms with van der Waals surface area (Å²) in [6.45, 7) is 2.70. The van der Waals surface area contributed by atoms with E-state index < -0.39 is 0 Å². The standard InChI is InChI=1S/C24H23NO2/c1-2-19-8-12-22(25-18-19)16-17-27-23-13-9-20(10-14-23)11-15-24(26)21-6-4-3-5-7-21/h3-15,18H,2,16-17H2,1H3/b15-11+. The first kappa shape index (κ1) is 18.6. The van der Waals surface area contributed by atoms with Gasteiger partial charge in [0, 0.05) is 23.9 Å². The number of hydrogen-bond donors (Lipinski definition) is 0. The van der Waals surface area contributed by atoms with Crippen molar-refractivity contribution in [3.63, 3.8) is 0 Å². The van der Waals surface area contributed by atoms with Gasteiger partial charge in [-0.1, -0.05) is 61.5 Å². The molecule has 1 aromatic heterocycles. The number of rotatable bonds is 8. The second kappa shape index (κ2) is 9.48. The van der Waals surface area contributed by atoms with Crippen molar-refractivity contribution in [2.24, 2.45) is 0 Å². The second-order valence-electron chi connectivity index (χ2n) is 6.24. The van der Waals surface area contributed by atoms with E-state index >= 15 is 0 Å². The maximum absolute atomic E-state index is 12.1. The van der Waals surface area contributed by atoms with Gasteiger partial charge in [0.1, 0.15) is 5.75 Å². The fourth-order valence-corrected chi connectivity index (χ4v) is 2.63. The molecule has 0 spiro atoms. The monoisotopic (exact) mass is 357 g/mol. The Morgan fingerprint density at radius 3 is 2.44 bits per heavy atom. The first-order chi connectivity index (χ1) is 13.2. The number of carbonyl (C=O) groups excluding carboxylic acids is 1. The molecule has 136 valence electrons. The van der Waals surface area contributed by atoms with E-state index in [4.69, 9.17) is 4.74 Å². The van der Waals surface area contributed by atoms with E-state index in [1.807, 2.05) is 66.9 Å². The summed E-state index contributed by atoms with van der Waals surface area (Å²) in [4.78, 5) is 16.5. The molecule has 0 aliphatic carbocycles. The smallest absolute Gasteiger partial charge is 0.185 e. The molecular weight excluding hydrogens is 334 g/mol. The highest BCUT2D eigenvalue weighted by molar-refractivity contribution is 6.06. The number of benzene rings is 2. The summed E-state index contributed by atoms with van der Waals surface area (Å²) in [5.74, 6) is 0.809. The summed E-state index contributed by atoms with van der Waals surface area (Å²) in [5, 5.41) is 0. The van der Waals surface area contributed by atoms with E-state index in [1.54, 1.807) is 6.08 Å². The Bertz CT molecular complexity index is 882. The summed E-state index contributed by atoms with van der Waals surface area (Å²) in [7, 11) is 0. The van der Waals surface area contributed by atoms with Gasteiger partial charge in [-0.25, -0.2) is 0 Å². The van der Waals surface area contributed by atoms with Crippen LogP contribution in [-0.4, -0.2) is 17.4 Å². The molecule has 0 atom stereocenters. The lowest BCUT2D eigenvalue weighted by atomic mass is 10.1. The van der Waals surface area contributed by atoms with Crippen LogP contribution in [0.3, 0.4) is 0 Å². The van der Waals surface area contributed by atoms with E-state index in [1.165, 1.54) is 5.56 Å². The molecule has 0 aliphatic heterocycles. The highest BCUT2D eigenvalue weighted by Gasteiger charge is 2.00. The van der Waals surface area contributed by atoms with Crippen LogP contribution in [0.4, 0.5) is 0 Å². The highest BCUT2D eigenvalue weighted by Crippen LogP contribution is 2.14. The van der Waals surface area contributed by atoms with Crippen molar-refractivity contribution in [3.8, 4) is 5.75 Å². The molecule has 0 N–H and O–H groups in total. The minimum atomic E-state index is -0.00230. The van der Waals surface area contributed by atoms with E-state index in [-0.39, 0.29) is 5.78 Å². The van der Waals surface area contributed by atoms with E-state index in [0.29, 0.717) is 12.2 Å². The lowest BCUT2D eigenvalue weighted by Gasteiger charge is -2.06. The van der Waals surface area contributed by atoms with Crippen LogP contribution in [0.2, 0.25) is 0 Å². The fourth-order valence-electron chi connectivity index (χ4n) is 2.63. The van der Waals surface area contributed by atoms with Gasteiger partial charge in [-0.15, -0.1) is 0 Å². The Balaban J connectivity index is 1.49. The quantitative estimate of drug-likeness (QED) is 0.413. The molecule has 0 amide bonds. The molecule has 2 aromatic carbocycles. The summed E-state index contributed by atoms with van der Waals surface area (Å²) in [6.07, 6.45) is 7.11. The van der Waals surface area contributed by atoms with Crippen LogP contribution < -0.4 is 4.74 Å². The molecule has 0 aliphatic rings. The molecule has 27 heavy (non-hydrogen) atoms. The normalized spacial score (nSPS) is 10.9. The molecule has 0 fully saturated rings. The zero-order valence-corrected chi connectivity index (χ0v) is 15.5. The van der Waals surface area contributed by atoms with Crippen molar-refractivity contribution in [2.45, 2.75) is 19.8 Å². The number of pyridine rings is 1. The minimum absolute atomic E-state index is 0.00230. The number of ether oxygens (including phenoxy) is 1. The molecule has 0 saturated carbocycles. The lowest BCUT2D eigenvalue weighted by Crippen LogP contribution is -2.03. The number of allylic oxidation sites excluding steroid dienone is 1. The van der Waals surface area contributed by atoms with E-state index in [0.717, 1.165) is 29.8 Å². The van der Waals surface area contributed by atoms with Crippen LogP contribution in [0.5, 0.6) is 5.75 Å². The lowest BCUT2D eigenvalue weighted by molar-refractivity contribution is 0.104. The van der Waals surface area contributed by atoms with Gasteiger partial charge < -0.3 is 4.74 Å². The zero-order chi connectivity index (χ0) is 18.9. The predicted octanol–water partition coefficient (Wildman–Crippen LogP) is 5.16. The fraction of sp³-hybridized carbons (Fsp3) is 0.167. The number of hydrogen-bond acceptors (Lipinski definition) is 3. The van der Waals surface area contributed by atoms with Crippen molar-refractivity contribution in [3.05, 3.63) is 101 Å². The highest BCUT2D eigenvalue weighted by atomic mass is 16.5. The van der Waals surface area contributed by atoms with Gasteiger partial charge in [0.25, 0.3) is 0 Å². The van der Waals surface area contributed by atoms with Crippen molar-refractivity contribution >= 4 is 11.9 Å². The number of aromatic nitrogens is 1. The van der Waals surface area contributed by atoms with Crippen LogP contribution in [0.25, 0.3) is 6.08 Å². The molecule has 3 heteroatoms. The van der Waals surface area contributed by atoms with Gasteiger partial charge in [-0.05, 0) is 41.8 Å². The zero-order valence-electron chi connectivity index (χ0n) is 15.5. The number of nitrogens with zero attached hydrogens (tertiary/aromatic N) is 1. The molecule has 0 radical (unpaired) electrons. The Kier molecular flexibility index (Phi) is 6.53. The SMILES string of the molecule is CCc1ccc(CCOc2ccc(/C=C/C(=O)c3ccccc3)cc2)nc1. The summed E-state index contributed by atoms with van der Waals surface area (Å²) in [6, 6.07) is 21.1. The van der Waals surface area contributed by atoms with Gasteiger partial charge in [0.2, 0.25) is 0 Å². The number of aryl methyl sites for hydroxylation is 1. The molecule has 1 heterocycles. The Hall–Kier alpha value is -3.20. The first-order valence-corrected chi connectivity index (χ1v) is 9.19. The average Bonchev–Trinajstić information content (AvgIpc) is 2.74. The Morgan fingerprint density at radius 2 is 1.78 bits per heavy atom. The van der Waals surface area contributed by atoms with Gasteiger partial charge >= 0.3 is 0 Å². The first-order valence-electron chi connectivity index (χ1n) is 9.19. The Morgan fingerprint density at radius 1 is 1.00 bits per heavy atom. The van der Waals surface area contributed by atoms with Crippen LogP contribution in [0.1, 0.15) is 34.1 Å². The molecule has 0 saturated heterocycles. The molecular formula is C24H23NO2. The summed E-state index contributed by atoms with van der Waals surface area (Å²) < 4.78 is 5.79. The van der Waals surface area contributed by atoms with Crippen molar-refractivity contribution < 1.29 is 9.53 Å². The molecule has 3 rings (SSSR count). The van der Waals surface area contributed by atoms with Crippen LogP contribution >= 0.6 is 0 Å². The van der Waals surface area contributed by atoms with Crippen molar-refractivity contribution in [2.75, 3.05) is 6.61 Å². The van der Waals surface area contributed by atoms with Crippen molar-refractivity contribution in [1.82, 2.24) is 4.98 Å². The van der Waals surface area contributed by atoms with Crippen molar-refractivity contribution in [1.29, 1.82) is 0 Å². The summed E-state index contributed by atoms with van der Waals surface area (Å²) in [5.41, 5.74) is 3.93.